The highest BCUT2D eigenvalue weighted by molar-refractivity contribution is 5.76. The number of hydrogen-bond acceptors (Lipinski definition) is 2. The Bertz CT molecular complexity index is 557. The molecule has 108 valence electrons. The third-order valence-corrected chi connectivity index (χ3v) is 3.21. The molecule has 0 N–H and O–H groups in total. The average Bonchev–Trinajstić information content (AvgIpc) is 2.93. The number of nitrogens with zero attached hydrogens (tertiary/aromatic N) is 1. The van der Waals surface area contributed by atoms with Crippen LogP contribution in [-0.2, 0) is 6.18 Å². The largest absolute Gasteiger partial charge is 0.464 e. The van der Waals surface area contributed by atoms with E-state index >= 15 is 0 Å². The quantitative estimate of drug-likeness (QED) is 0.800. The lowest BCUT2D eigenvalue weighted by Gasteiger charge is -2.24. The Morgan fingerprint density at radius 3 is 2.30 bits per heavy atom. The van der Waals surface area contributed by atoms with Crippen LogP contribution >= 0.6 is 0 Å². The van der Waals surface area contributed by atoms with Gasteiger partial charge in [0.25, 0.3) is 0 Å². The van der Waals surface area contributed by atoms with Crippen molar-refractivity contribution in [3.63, 3.8) is 0 Å². The molecule has 0 amide bonds. The summed E-state index contributed by atoms with van der Waals surface area (Å²) in [6, 6.07) is 7.10. The first kappa shape index (κ1) is 14.5. The second-order valence-corrected chi connectivity index (χ2v) is 4.38. The van der Waals surface area contributed by atoms with Crippen LogP contribution in [0.2, 0.25) is 0 Å². The van der Waals surface area contributed by atoms with E-state index in [1.807, 2.05) is 18.7 Å². The van der Waals surface area contributed by atoms with Gasteiger partial charge in [-0.05, 0) is 44.2 Å². The zero-order chi connectivity index (χ0) is 14.8. The van der Waals surface area contributed by atoms with Crippen LogP contribution in [0.15, 0.2) is 41.0 Å². The molecule has 0 atom stereocenters. The van der Waals surface area contributed by atoms with Gasteiger partial charge in [0.05, 0.1) is 11.8 Å². The summed E-state index contributed by atoms with van der Waals surface area (Å²) in [4.78, 5) is 2.00. The van der Waals surface area contributed by atoms with E-state index in [0.29, 0.717) is 11.3 Å². The lowest BCUT2D eigenvalue weighted by molar-refractivity contribution is -0.137. The standard InChI is InChI=1S/C15H16F3NO/c1-3-19(4-2)13-8-7-11(15(16,17)18)10-12(13)14-6-5-9-20-14/h5-10H,3-4H2,1-2H3. The van der Waals surface area contributed by atoms with Crippen LogP contribution in [0.25, 0.3) is 11.3 Å². The molecule has 2 rings (SSSR count). The van der Waals surface area contributed by atoms with Gasteiger partial charge in [0.1, 0.15) is 5.76 Å². The van der Waals surface area contributed by atoms with E-state index in [2.05, 4.69) is 0 Å². The Hall–Kier alpha value is -1.91. The van der Waals surface area contributed by atoms with Crippen molar-refractivity contribution in [3.8, 4) is 11.3 Å². The van der Waals surface area contributed by atoms with E-state index in [1.165, 1.54) is 12.3 Å². The van der Waals surface area contributed by atoms with Gasteiger partial charge in [-0.2, -0.15) is 13.2 Å². The molecule has 0 saturated carbocycles. The molecule has 0 aliphatic heterocycles. The van der Waals surface area contributed by atoms with Crippen molar-refractivity contribution >= 4 is 5.69 Å². The fourth-order valence-electron chi connectivity index (χ4n) is 2.18. The average molecular weight is 283 g/mol. The molecule has 0 radical (unpaired) electrons. The van der Waals surface area contributed by atoms with Crippen LogP contribution in [0.5, 0.6) is 0 Å². The summed E-state index contributed by atoms with van der Waals surface area (Å²) in [5.41, 5.74) is 0.547. The van der Waals surface area contributed by atoms with Crippen molar-refractivity contribution in [1.29, 1.82) is 0 Å². The SMILES string of the molecule is CCN(CC)c1ccc(C(F)(F)F)cc1-c1ccco1. The minimum Gasteiger partial charge on any atom is -0.464 e. The van der Waals surface area contributed by atoms with Crippen molar-refractivity contribution in [2.45, 2.75) is 20.0 Å². The zero-order valence-electron chi connectivity index (χ0n) is 11.4. The molecular formula is C15H16F3NO. The molecule has 1 aromatic heterocycles. The number of furan rings is 1. The summed E-state index contributed by atoms with van der Waals surface area (Å²) in [6.45, 7) is 5.37. The van der Waals surface area contributed by atoms with Gasteiger partial charge >= 0.3 is 6.18 Å². The van der Waals surface area contributed by atoms with Crippen molar-refractivity contribution in [2.24, 2.45) is 0 Å². The normalized spacial score (nSPS) is 11.7. The van der Waals surface area contributed by atoms with Crippen molar-refractivity contribution in [3.05, 3.63) is 42.2 Å². The van der Waals surface area contributed by atoms with Gasteiger partial charge in [0, 0.05) is 24.3 Å². The van der Waals surface area contributed by atoms with E-state index in [4.69, 9.17) is 4.42 Å². The highest BCUT2D eigenvalue weighted by Gasteiger charge is 2.31. The Kier molecular flexibility index (Phi) is 4.06. The van der Waals surface area contributed by atoms with E-state index in [9.17, 15) is 13.2 Å². The maximum atomic E-state index is 12.9. The van der Waals surface area contributed by atoms with Crippen LogP contribution in [-0.4, -0.2) is 13.1 Å². The first-order valence-corrected chi connectivity index (χ1v) is 6.47. The smallest absolute Gasteiger partial charge is 0.416 e. The number of hydrogen-bond donors (Lipinski definition) is 0. The number of anilines is 1. The van der Waals surface area contributed by atoms with E-state index < -0.39 is 11.7 Å². The molecule has 5 heteroatoms. The molecular weight excluding hydrogens is 267 g/mol. The molecule has 20 heavy (non-hydrogen) atoms. The van der Waals surface area contributed by atoms with Crippen LogP contribution in [0.3, 0.4) is 0 Å². The highest BCUT2D eigenvalue weighted by Crippen LogP contribution is 2.37. The van der Waals surface area contributed by atoms with Crippen LogP contribution < -0.4 is 4.90 Å². The lowest BCUT2D eigenvalue weighted by atomic mass is 10.0. The second kappa shape index (κ2) is 5.61. The first-order valence-electron chi connectivity index (χ1n) is 6.47. The first-order chi connectivity index (χ1) is 9.47. The summed E-state index contributed by atoms with van der Waals surface area (Å²) < 4.78 is 43.9. The Balaban J connectivity index is 2.58. The van der Waals surface area contributed by atoms with Gasteiger partial charge in [-0.3, -0.25) is 0 Å². The van der Waals surface area contributed by atoms with E-state index in [-0.39, 0.29) is 0 Å². The topological polar surface area (TPSA) is 16.4 Å². The Morgan fingerprint density at radius 1 is 1.10 bits per heavy atom. The van der Waals surface area contributed by atoms with Crippen molar-refractivity contribution in [2.75, 3.05) is 18.0 Å². The highest BCUT2D eigenvalue weighted by atomic mass is 19.4. The summed E-state index contributed by atoms with van der Waals surface area (Å²) in [6.07, 6.45) is -2.90. The molecule has 1 heterocycles. The van der Waals surface area contributed by atoms with Gasteiger partial charge in [-0.15, -0.1) is 0 Å². The third kappa shape index (κ3) is 2.81. The Labute approximate surface area is 115 Å². The maximum Gasteiger partial charge on any atom is 0.416 e. The molecule has 0 fully saturated rings. The molecule has 2 nitrogen and oxygen atoms in total. The predicted octanol–water partition coefficient (Wildman–Crippen LogP) is 4.81. The predicted molar refractivity (Wildman–Crippen MR) is 72.7 cm³/mol. The number of halogens is 3. The van der Waals surface area contributed by atoms with E-state index in [0.717, 1.165) is 30.9 Å². The lowest BCUT2D eigenvalue weighted by Crippen LogP contribution is -2.22. The minimum absolute atomic E-state index is 0.443. The monoisotopic (exact) mass is 283 g/mol. The van der Waals surface area contributed by atoms with Gasteiger partial charge in [-0.25, -0.2) is 0 Å². The molecule has 0 saturated heterocycles. The molecule has 0 spiro atoms. The van der Waals surface area contributed by atoms with Gasteiger partial charge in [0.15, 0.2) is 0 Å². The second-order valence-electron chi connectivity index (χ2n) is 4.38. The van der Waals surface area contributed by atoms with Gasteiger partial charge in [0.2, 0.25) is 0 Å². The van der Waals surface area contributed by atoms with Crippen LogP contribution in [0, 0.1) is 0 Å². The maximum absolute atomic E-state index is 12.9. The van der Waals surface area contributed by atoms with Gasteiger partial charge < -0.3 is 9.32 Å². The third-order valence-electron chi connectivity index (χ3n) is 3.21. The zero-order valence-corrected chi connectivity index (χ0v) is 11.4. The molecule has 0 aliphatic carbocycles. The van der Waals surface area contributed by atoms with Crippen LogP contribution in [0.4, 0.5) is 18.9 Å². The molecule has 1 aromatic carbocycles. The van der Waals surface area contributed by atoms with Crippen LogP contribution in [0.1, 0.15) is 19.4 Å². The molecule has 0 aliphatic rings. The summed E-state index contributed by atoms with van der Waals surface area (Å²) in [5.74, 6) is 0.443. The minimum atomic E-state index is -4.36. The fourth-order valence-corrected chi connectivity index (χ4v) is 2.18. The number of rotatable bonds is 4. The molecule has 0 bridgehead atoms. The summed E-state index contributed by atoms with van der Waals surface area (Å²) in [5, 5.41) is 0. The fraction of sp³-hybridized carbons (Fsp3) is 0.333. The van der Waals surface area contributed by atoms with Crippen molar-refractivity contribution in [1.82, 2.24) is 0 Å². The molecule has 2 aromatic rings. The Morgan fingerprint density at radius 2 is 1.80 bits per heavy atom. The van der Waals surface area contributed by atoms with E-state index in [1.54, 1.807) is 12.1 Å². The van der Waals surface area contributed by atoms with Gasteiger partial charge in [-0.1, -0.05) is 0 Å². The van der Waals surface area contributed by atoms with Crippen molar-refractivity contribution < 1.29 is 17.6 Å². The summed E-state index contributed by atoms with van der Waals surface area (Å²) >= 11 is 0. The molecule has 0 unspecified atom stereocenters. The number of benzene rings is 1. The number of alkyl halides is 3. The summed E-state index contributed by atoms with van der Waals surface area (Å²) in [7, 11) is 0.